The second-order valence-corrected chi connectivity index (χ2v) is 9.10. The van der Waals surface area contributed by atoms with Crippen LogP contribution in [0.2, 0.25) is 0 Å². The minimum absolute atomic E-state index is 0.0261. The molecule has 40 heavy (non-hydrogen) atoms. The fourth-order valence-electron chi connectivity index (χ4n) is 4.93. The first-order chi connectivity index (χ1) is 19.3. The fourth-order valence-corrected chi connectivity index (χ4v) is 4.93. The number of benzene rings is 4. The van der Waals surface area contributed by atoms with Gasteiger partial charge in [-0.15, -0.1) is 0 Å². The molecule has 4 aromatic carbocycles. The zero-order valence-corrected chi connectivity index (χ0v) is 21.2. The van der Waals surface area contributed by atoms with Gasteiger partial charge in [-0.25, -0.2) is 4.79 Å². The molecule has 2 unspecified atom stereocenters. The number of ketones is 1. The molecule has 0 radical (unpaired) electrons. The number of nitrogens with zero attached hydrogens (tertiary/aromatic N) is 2. The number of amides is 2. The smallest absolute Gasteiger partial charge is 0.406 e. The molecule has 0 aromatic heterocycles. The van der Waals surface area contributed by atoms with Gasteiger partial charge in [0.2, 0.25) is 0 Å². The number of ether oxygens (including phenoxy) is 1. The summed E-state index contributed by atoms with van der Waals surface area (Å²) >= 11 is 0. The number of anilines is 1. The summed E-state index contributed by atoms with van der Waals surface area (Å²) in [5.41, 5.74) is 1.53. The Bertz CT molecular complexity index is 1640. The number of para-hydroxylation sites is 1. The number of hydrogen-bond donors (Lipinski definition) is 3. The summed E-state index contributed by atoms with van der Waals surface area (Å²) in [6, 6.07) is 22.1. The molecular formula is C29H24N4O7. The Balaban J connectivity index is 1.63. The number of fused-ring (bicyclic) bond motifs is 2. The van der Waals surface area contributed by atoms with Crippen molar-refractivity contribution >= 4 is 39.9 Å². The maximum atomic E-state index is 13.9. The van der Waals surface area contributed by atoms with Crippen LogP contribution in [0, 0.1) is 10.1 Å². The Hall–Kier alpha value is -5.29. The van der Waals surface area contributed by atoms with E-state index in [1.807, 2.05) is 30.3 Å². The van der Waals surface area contributed by atoms with Gasteiger partial charge in [-0.3, -0.25) is 30.3 Å². The second kappa shape index (κ2) is 10.8. The topological polar surface area (TPSA) is 151 Å². The van der Waals surface area contributed by atoms with Crippen LogP contribution in [0.4, 0.5) is 16.2 Å². The zero-order valence-electron chi connectivity index (χ0n) is 21.2. The number of carboxylic acid groups (broad SMARTS) is 1. The molecule has 4 aromatic rings. The van der Waals surface area contributed by atoms with Crippen LogP contribution in [0.25, 0.3) is 10.8 Å². The van der Waals surface area contributed by atoms with Crippen LogP contribution < -0.4 is 20.3 Å². The number of carbonyl (C=O) groups excluding carboxylic acids is 2. The summed E-state index contributed by atoms with van der Waals surface area (Å²) in [4.78, 5) is 51.3. The highest BCUT2D eigenvalue weighted by molar-refractivity contribution is 6.06. The quantitative estimate of drug-likeness (QED) is 0.177. The number of methoxy groups -OCH3 is 1. The molecule has 2 amide bonds. The molecule has 2 atom stereocenters. The molecular weight excluding hydrogens is 516 g/mol. The van der Waals surface area contributed by atoms with Crippen molar-refractivity contribution in [3.63, 3.8) is 0 Å². The zero-order chi connectivity index (χ0) is 28.4. The van der Waals surface area contributed by atoms with Crippen LogP contribution in [0.15, 0.2) is 84.9 Å². The van der Waals surface area contributed by atoms with E-state index in [0.717, 1.165) is 10.8 Å². The van der Waals surface area contributed by atoms with E-state index < -0.39 is 34.9 Å². The van der Waals surface area contributed by atoms with E-state index in [9.17, 15) is 29.6 Å². The van der Waals surface area contributed by atoms with Crippen molar-refractivity contribution in [3.8, 4) is 5.75 Å². The van der Waals surface area contributed by atoms with Gasteiger partial charge in [0.1, 0.15) is 11.8 Å². The van der Waals surface area contributed by atoms with Crippen molar-refractivity contribution in [2.75, 3.05) is 12.0 Å². The predicted molar refractivity (Wildman–Crippen MR) is 146 cm³/mol. The Morgan fingerprint density at radius 1 is 1.02 bits per heavy atom. The van der Waals surface area contributed by atoms with Crippen molar-refractivity contribution in [1.82, 2.24) is 10.6 Å². The van der Waals surface area contributed by atoms with E-state index in [2.05, 4.69) is 10.6 Å². The van der Waals surface area contributed by atoms with Crippen LogP contribution in [0.1, 0.15) is 27.5 Å². The van der Waals surface area contributed by atoms with Gasteiger partial charge < -0.3 is 14.7 Å². The van der Waals surface area contributed by atoms with Crippen molar-refractivity contribution in [2.24, 2.45) is 0 Å². The van der Waals surface area contributed by atoms with Crippen molar-refractivity contribution in [2.45, 2.75) is 18.8 Å². The molecule has 1 aliphatic rings. The molecule has 202 valence electrons. The Labute approximate surface area is 228 Å². The highest BCUT2D eigenvalue weighted by Gasteiger charge is 2.39. The minimum Gasteiger partial charge on any atom is -0.496 e. The Kier molecular flexibility index (Phi) is 7.13. The molecule has 0 fully saturated rings. The molecule has 11 heteroatoms. The number of hydrogen-bond acceptors (Lipinski definition) is 7. The lowest BCUT2D eigenvalue weighted by atomic mass is 9.95. The minimum atomic E-state index is -1.47. The monoisotopic (exact) mass is 540 g/mol. The Morgan fingerprint density at radius 2 is 1.73 bits per heavy atom. The maximum absolute atomic E-state index is 13.9. The molecule has 0 saturated heterocycles. The van der Waals surface area contributed by atoms with Gasteiger partial charge in [0.05, 0.1) is 18.6 Å². The van der Waals surface area contributed by atoms with Crippen LogP contribution in [0.5, 0.6) is 5.75 Å². The molecule has 0 saturated carbocycles. The number of nitro benzene ring substituents is 1. The average molecular weight is 541 g/mol. The van der Waals surface area contributed by atoms with E-state index >= 15 is 0 Å². The molecule has 0 spiro atoms. The van der Waals surface area contributed by atoms with E-state index in [0.29, 0.717) is 22.6 Å². The third-order valence-electron chi connectivity index (χ3n) is 6.81. The van der Waals surface area contributed by atoms with Crippen molar-refractivity contribution in [1.29, 1.82) is 0 Å². The molecule has 1 aliphatic heterocycles. The summed E-state index contributed by atoms with van der Waals surface area (Å²) in [5.74, 6) is -0.566. The van der Waals surface area contributed by atoms with E-state index in [1.54, 1.807) is 30.3 Å². The normalized spacial score (nSPS) is 16.6. The number of Topliss-reactive ketones (excluding diaryl/α,β-unsaturated/α-hetero) is 1. The first-order valence-electron chi connectivity index (χ1n) is 12.3. The molecule has 11 nitrogen and oxygen atoms in total. The lowest BCUT2D eigenvalue weighted by Crippen LogP contribution is -2.55. The van der Waals surface area contributed by atoms with Crippen LogP contribution >= 0.6 is 0 Å². The van der Waals surface area contributed by atoms with E-state index in [-0.39, 0.29) is 17.8 Å². The van der Waals surface area contributed by atoms with Gasteiger partial charge >= 0.3 is 6.09 Å². The van der Waals surface area contributed by atoms with Crippen LogP contribution in [-0.4, -0.2) is 41.1 Å². The molecule has 0 bridgehead atoms. The maximum Gasteiger partial charge on any atom is 0.406 e. The number of rotatable bonds is 7. The Morgan fingerprint density at radius 3 is 2.42 bits per heavy atom. The summed E-state index contributed by atoms with van der Waals surface area (Å²) in [7, 11) is 1.53. The van der Waals surface area contributed by atoms with Crippen LogP contribution in [0.3, 0.4) is 0 Å². The van der Waals surface area contributed by atoms with E-state index in [1.165, 1.54) is 36.3 Å². The molecule has 5 rings (SSSR count). The van der Waals surface area contributed by atoms with E-state index in [4.69, 9.17) is 4.74 Å². The summed E-state index contributed by atoms with van der Waals surface area (Å²) in [6.07, 6.45) is -2.93. The van der Waals surface area contributed by atoms with Crippen molar-refractivity contribution < 1.29 is 29.2 Å². The first kappa shape index (κ1) is 26.3. The number of nitro groups is 1. The van der Waals surface area contributed by atoms with Crippen molar-refractivity contribution in [3.05, 3.63) is 112 Å². The fraction of sp³-hybridized carbons (Fsp3) is 0.138. The second-order valence-electron chi connectivity index (χ2n) is 9.10. The van der Waals surface area contributed by atoms with Gasteiger partial charge in [-0.05, 0) is 35.0 Å². The van der Waals surface area contributed by atoms with Gasteiger partial charge in [-0.1, -0.05) is 48.5 Å². The standard InChI is InChI=1S/C29H24N4O7/c1-40-24-15-12-17-6-2-3-7-20(17)22(24)16-32-23-9-5-4-8-21(23)25(30-27(28(32)35)31-29(36)37)26(34)18-10-13-19(14-11-18)33(38)39/h2-15,25,27,30-31H,16H2,1H3,(H,36,37). The summed E-state index contributed by atoms with van der Waals surface area (Å²) in [5, 5.41) is 27.5. The lowest BCUT2D eigenvalue weighted by Gasteiger charge is -2.27. The summed E-state index contributed by atoms with van der Waals surface area (Å²) in [6.45, 7) is 0.0261. The van der Waals surface area contributed by atoms with Gasteiger partial charge in [0.25, 0.3) is 11.6 Å². The number of non-ortho nitro benzene ring substituents is 1. The first-order valence-corrected chi connectivity index (χ1v) is 12.3. The largest absolute Gasteiger partial charge is 0.496 e. The number of nitrogens with one attached hydrogen (secondary N) is 2. The van der Waals surface area contributed by atoms with Gasteiger partial charge in [-0.2, -0.15) is 0 Å². The molecule has 0 aliphatic carbocycles. The highest BCUT2D eigenvalue weighted by atomic mass is 16.6. The third-order valence-corrected chi connectivity index (χ3v) is 6.81. The number of carbonyl (C=O) groups is 3. The lowest BCUT2D eigenvalue weighted by molar-refractivity contribution is -0.384. The molecule has 1 heterocycles. The van der Waals surface area contributed by atoms with Gasteiger partial charge in [0, 0.05) is 34.5 Å². The SMILES string of the molecule is COc1ccc2ccccc2c1CN1C(=O)C(NC(=O)O)NC(C(=O)c2ccc([N+](=O)[O-])cc2)c2ccccc21. The van der Waals surface area contributed by atoms with Gasteiger partial charge in [0.15, 0.2) is 11.9 Å². The van der Waals surface area contributed by atoms with Crippen LogP contribution in [-0.2, 0) is 11.3 Å². The summed E-state index contributed by atoms with van der Waals surface area (Å²) < 4.78 is 5.62. The predicted octanol–water partition coefficient (Wildman–Crippen LogP) is 4.41. The highest BCUT2D eigenvalue weighted by Crippen LogP contribution is 2.36. The molecule has 3 N–H and O–H groups in total. The average Bonchev–Trinajstić information content (AvgIpc) is 3.07. The third kappa shape index (κ3) is 4.93.